The molecule has 0 bridgehead atoms. The number of ether oxygens (including phenoxy) is 1. The Bertz CT molecular complexity index is 922. The number of aliphatic hydroxyl groups excluding tert-OH is 1. The highest BCUT2D eigenvalue weighted by atomic mass is 16.5. The van der Waals surface area contributed by atoms with Gasteiger partial charge in [0.25, 0.3) is 0 Å². The third kappa shape index (κ3) is 3.12. The minimum Gasteiger partial charge on any atom is -0.458 e. The molecule has 0 aromatic heterocycles. The Balaban J connectivity index is 1.52. The molecular formula is C24H35N3O6. The third-order valence-electron chi connectivity index (χ3n) is 10.1. The molecule has 1 aliphatic heterocycles. The van der Waals surface area contributed by atoms with Crippen molar-refractivity contribution in [3.05, 3.63) is 11.6 Å². The van der Waals surface area contributed by atoms with Crippen LogP contribution in [0.2, 0.25) is 0 Å². The lowest BCUT2D eigenvalue weighted by Gasteiger charge is -2.65. The maximum Gasteiger partial charge on any atom is 0.332 e. The van der Waals surface area contributed by atoms with Crippen LogP contribution in [-0.4, -0.2) is 57.4 Å². The van der Waals surface area contributed by atoms with Crippen LogP contribution >= 0.6 is 0 Å². The zero-order chi connectivity index (χ0) is 23.6. The lowest BCUT2D eigenvalue weighted by Crippen LogP contribution is -2.68. The third-order valence-corrected chi connectivity index (χ3v) is 10.1. The normalized spacial score (nSPS) is 49.1. The first-order chi connectivity index (χ1) is 15.5. The molecule has 1 heterocycles. The predicted octanol–water partition coefficient (Wildman–Crippen LogP) is 1.35. The summed E-state index contributed by atoms with van der Waals surface area (Å²) in [7, 11) is 0. The number of hydrogen-bond acceptors (Lipinski definition) is 7. The summed E-state index contributed by atoms with van der Waals surface area (Å²) in [5, 5.41) is 38.6. The van der Waals surface area contributed by atoms with Crippen LogP contribution in [0.4, 0.5) is 4.79 Å². The molecule has 9 heteroatoms. The van der Waals surface area contributed by atoms with Crippen molar-refractivity contribution in [2.75, 3.05) is 6.61 Å². The summed E-state index contributed by atoms with van der Waals surface area (Å²) in [5.41, 5.74) is 5.21. The number of nitrogens with one attached hydrogen (secondary N) is 1. The van der Waals surface area contributed by atoms with Crippen molar-refractivity contribution in [2.45, 2.75) is 82.0 Å². The molecule has 0 spiro atoms. The summed E-state index contributed by atoms with van der Waals surface area (Å²) < 4.78 is 5.18. The molecule has 4 aliphatic carbocycles. The number of aliphatic hydroxyl groups is 3. The lowest BCUT2D eigenvalue weighted by molar-refractivity contribution is -0.237. The van der Waals surface area contributed by atoms with E-state index in [2.05, 4.69) is 17.5 Å². The number of cyclic esters (lactones) is 1. The van der Waals surface area contributed by atoms with E-state index >= 15 is 0 Å². The van der Waals surface area contributed by atoms with Gasteiger partial charge >= 0.3 is 12.0 Å². The molecule has 4 fully saturated rings. The van der Waals surface area contributed by atoms with Crippen LogP contribution in [0.1, 0.15) is 64.7 Å². The molecule has 8 atom stereocenters. The molecule has 0 saturated heterocycles. The van der Waals surface area contributed by atoms with E-state index in [0.717, 1.165) is 24.8 Å². The zero-order valence-corrected chi connectivity index (χ0v) is 19.1. The number of nitrogens with two attached hydrogens (primary N) is 1. The number of carbonyl (C=O) groups excluding carboxylic acids is 2. The monoisotopic (exact) mass is 461 g/mol. The first kappa shape index (κ1) is 22.8. The topological polar surface area (TPSA) is 154 Å². The Morgan fingerprint density at radius 3 is 2.64 bits per heavy atom. The van der Waals surface area contributed by atoms with E-state index in [-0.39, 0.29) is 35.6 Å². The lowest BCUT2D eigenvalue weighted by atomic mass is 9.41. The molecule has 5 aliphatic rings. The van der Waals surface area contributed by atoms with Crippen molar-refractivity contribution in [3.8, 4) is 0 Å². The number of fused-ring (bicyclic) bond motifs is 5. The van der Waals surface area contributed by atoms with Gasteiger partial charge in [-0.1, -0.05) is 6.92 Å². The second-order valence-corrected chi connectivity index (χ2v) is 11.3. The fourth-order valence-electron chi connectivity index (χ4n) is 8.57. The number of amides is 2. The van der Waals surface area contributed by atoms with E-state index < -0.39 is 28.8 Å². The maximum absolute atomic E-state index is 12.3. The van der Waals surface area contributed by atoms with Gasteiger partial charge in [0, 0.05) is 29.5 Å². The van der Waals surface area contributed by atoms with Crippen LogP contribution in [0.5, 0.6) is 0 Å². The first-order valence-electron chi connectivity index (χ1n) is 12.1. The van der Waals surface area contributed by atoms with Crippen LogP contribution < -0.4 is 11.2 Å². The number of rotatable bonds is 3. The molecule has 33 heavy (non-hydrogen) atoms. The fourth-order valence-corrected chi connectivity index (χ4v) is 8.57. The Kier molecular flexibility index (Phi) is 5.19. The molecule has 0 aromatic carbocycles. The summed E-state index contributed by atoms with van der Waals surface area (Å²) in [6.45, 7) is 2.45. The van der Waals surface area contributed by atoms with Gasteiger partial charge in [-0.05, 0) is 74.7 Å². The number of carbonyl (C=O) groups is 2. The number of hydrogen-bond donors (Lipinski definition) is 5. The van der Waals surface area contributed by atoms with Crippen molar-refractivity contribution in [2.24, 2.45) is 39.4 Å². The smallest absolute Gasteiger partial charge is 0.332 e. The quantitative estimate of drug-likeness (QED) is 0.243. The van der Waals surface area contributed by atoms with Gasteiger partial charge in [0.2, 0.25) is 0 Å². The minimum atomic E-state index is -1.16. The Morgan fingerprint density at radius 2 is 1.94 bits per heavy atom. The average molecular weight is 462 g/mol. The summed E-state index contributed by atoms with van der Waals surface area (Å²) in [6, 6.07) is -0.774. The number of primary amides is 1. The molecule has 0 unspecified atom stereocenters. The Hall–Kier alpha value is -1.97. The number of hydrazone groups is 1. The van der Waals surface area contributed by atoms with E-state index in [9.17, 15) is 24.9 Å². The SMILES string of the molecule is C[C@]12CC[C@H]3[C@@H](CC[C@]4(O)C[C@H](O)CC[C@]34/C=N\NC(N)=O)[C@@]1(O)CC[C@H]2C1=CC(=O)OC1. The van der Waals surface area contributed by atoms with E-state index in [1.165, 1.54) is 0 Å². The number of nitrogens with zero attached hydrogens (tertiary/aromatic N) is 1. The molecule has 9 nitrogen and oxygen atoms in total. The van der Waals surface area contributed by atoms with Crippen LogP contribution in [0, 0.1) is 28.6 Å². The van der Waals surface area contributed by atoms with E-state index in [4.69, 9.17) is 10.5 Å². The van der Waals surface area contributed by atoms with E-state index in [1.807, 2.05) is 0 Å². The van der Waals surface area contributed by atoms with Crippen molar-refractivity contribution < 1.29 is 29.6 Å². The number of urea groups is 1. The molecule has 0 aromatic rings. The highest BCUT2D eigenvalue weighted by Gasteiger charge is 2.71. The minimum absolute atomic E-state index is 0.0468. The van der Waals surface area contributed by atoms with Crippen molar-refractivity contribution >= 4 is 18.2 Å². The molecular weight excluding hydrogens is 426 g/mol. The maximum atomic E-state index is 12.3. The highest BCUT2D eigenvalue weighted by Crippen LogP contribution is 2.70. The Labute approximate surface area is 193 Å². The van der Waals surface area contributed by atoms with E-state index in [0.29, 0.717) is 38.7 Å². The molecule has 182 valence electrons. The van der Waals surface area contributed by atoms with Crippen LogP contribution in [-0.2, 0) is 9.53 Å². The standard InChI is InChI=1S/C24H35N3O6/c1-21-6-3-17-18(24(21,32)9-5-16(21)14-10-19(29)33-12-14)4-8-23(31)11-15(28)2-7-22(17,23)13-26-27-20(25)30/h10,13,15-18,28,31-32H,2-9,11-12H2,1H3,(H3,25,27,30)/b26-13-/t15-,16+,17+,18-,21-,22+,23+,24+/m1/s1. The number of esters is 1. The van der Waals surface area contributed by atoms with Crippen LogP contribution in [0.3, 0.4) is 0 Å². The molecule has 5 rings (SSSR count). The zero-order valence-electron chi connectivity index (χ0n) is 19.1. The van der Waals surface area contributed by atoms with Gasteiger partial charge in [-0.2, -0.15) is 5.10 Å². The van der Waals surface area contributed by atoms with Gasteiger partial charge < -0.3 is 25.8 Å². The average Bonchev–Trinajstić information content (AvgIpc) is 3.28. The summed E-state index contributed by atoms with van der Waals surface area (Å²) >= 11 is 0. The first-order valence-corrected chi connectivity index (χ1v) is 12.1. The predicted molar refractivity (Wildman–Crippen MR) is 119 cm³/mol. The van der Waals surface area contributed by atoms with Gasteiger partial charge in [0.1, 0.15) is 6.61 Å². The van der Waals surface area contributed by atoms with Crippen molar-refractivity contribution in [1.29, 1.82) is 0 Å². The summed E-state index contributed by atoms with van der Waals surface area (Å²) in [4.78, 5) is 23.0. The van der Waals surface area contributed by atoms with Crippen molar-refractivity contribution in [3.63, 3.8) is 0 Å². The second kappa shape index (κ2) is 7.52. The van der Waals surface area contributed by atoms with Gasteiger partial charge in [0.15, 0.2) is 0 Å². The fraction of sp³-hybridized carbons (Fsp3) is 0.792. The van der Waals surface area contributed by atoms with Crippen LogP contribution in [0.15, 0.2) is 16.8 Å². The van der Waals surface area contributed by atoms with E-state index in [1.54, 1.807) is 12.3 Å². The Morgan fingerprint density at radius 1 is 1.18 bits per heavy atom. The van der Waals surface area contributed by atoms with Gasteiger partial charge in [-0.3, -0.25) is 0 Å². The molecule has 0 radical (unpaired) electrons. The molecule has 4 saturated carbocycles. The van der Waals surface area contributed by atoms with Crippen molar-refractivity contribution in [1.82, 2.24) is 5.43 Å². The molecule has 6 N–H and O–H groups in total. The summed E-state index contributed by atoms with van der Waals surface area (Å²) in [6.07, 6.45) is 8.02. The largest absolute Gasteiger partial charge is 0.458 e. The van der Waals surface area contributed by atoms with Gasteiger partial charge in [-0.15, -0.1) is 0 Å². The van der Waals surface area contributed by atoms with Gasteiger partial charge in [0.05, 0.1) is 17.3 Å². The highest BCUT2D eigenvalue weighted by molar-refractivity contribution is 5.85. The summed E-state index contributed by atoms with van der Waals surface area (Å²) in [5.74, 6) is -0.326. The molecule has 2 amide bonds. The van der Waals surface area contributed by atoms with Gasteiger partial charge in [-0.25, -0.2) is 15.0 Å². The second-order valence-electron chi connectivity index (χ2n) is 11.3. The van der Waals surface area contributed by atoms with Crippen LogP contribution in [0.25, 0.3) is 0 Å².